The van der Waals surface area contributed by atoms with E-state index in [1.807, 2.05) is 30.3 Å². The van der Waals surface area contributed by atoms with E-state index < -0.39 is 0 Å². The highest BCUT2D eigenvalue weighted by Crippen LogP contribution is 2.17. The van der Waals surface area contributed by atoms with E-state index in [9.17, 15) is 4.79 Å². The Kier molecular flexibility index (Phi) is 6.27. The van der Waals surface area contributed by atoms with Gasteiger partial charge in [0.1, 0.15) is 0 Å². The van der Waals surface area contributed by atoms with Crippen LogP contribution in [0.1, 0.15) is 27.7 Å². The van der Waals surface area contributed by atoms with Crippen molar-refractivity contribution < 1.29 is 4.79 Å². The number of thioether (sulfide) groups is 1. The van der Waals surface area contributed by atoms with Gasteiger partial charge in [0, 0.05) is 10.9 Å². The molecule has 0 atom stereocenters. The molecule has 0 saturated carbocycles. The van der Waals surface area contributed by atoms with Crippen LogP contribution >= 0.6 is 11.8 Å². The highest BCUT2D eigenvalue weighted by atomic mass is 32.2. The average Bonchev–Trinajstić information content (AvgIpc) is 2.34. The van der Waals surface area contributed by atoms with Crippen LogP contribution in [0.2, 0.25) is 0 Å². The number of nitrogens with one attached hydrogen (secondary N) is 1. The van der Waals surface area contributed by atoms with Gasteiger partial charge in [0.2, 0.25) is 5.91 Å². The summed E-state index contributed by atoms with van der Waals surface area (Å²) in [6.45, 7) is 8.59. The van der Waals surface area contributed by atoms with Crippen LogP contribution in [0.15, 0.2) is 35.2 Å². The van der Waals surface area contributed by atoms with E-state index in [2.05, 4.69) is 33.0 Å². The Morgan fingerprint density at radius 3 is 2.17 bits per heavy atom. The van der Waals surface area contributed by atoms with Gasteiger partial charge in [0.15, 0.2) is 0 Å². The van der Waals surface area contributed by atoms with E-state index in [4.69, 9.17) is 0 Å². The van der Waals surface area contributed by atoms with Crippen LogP contribution in [0.25, 0.3) is 0 Å². The van der Waals surface area contributed by atoms with E-state index in [1.54, 1.807) is 11.8 Å². The van der Waals surface area contributed by atoms with Gasteiger partial charge >= 0.3 is 0 Å². The Labute approximate surface area is 115 Å². The zero-order valence-electron chi connectivity index (χ0n) is 11.6. The molecule has 1 aromatic rings. The molecule has 0 aliphatic heterocycles. The van der Waals surface area contributed by atoms with Gasteiger partial charge in [-0.25, -0.2) is 0 Å². The third-order valence-electron chi connectivity index (χ3n) is 2.88. The van der Waals surface area contributed by atoms with Crippen molar-refractivity contribution in [3.8, 4) is 0 Å². The van der Waals surface area contributed by atoms with Gasteiger partial charge in [-0.05, 0) is 24.0 Å². The number of amides is 1. The maximum atomic E-state index is 11.9. The Balaban J connectivity index is 2.41. The normalized spacial score (nSPS) is 11.3. The van der Waals surface area contributed by atoms with Crippen LogP contribution in [0, 0.1) is 11.8 Å². The molecule has 0 fully saturated rings. The molecule has 0 saturated heterocycles. The molecule has 0 aliphatic carbocycles. The van der Waals surface area contributed by atoms with Gasteiger partial charge in [0.05, 0.1) is 5.75 Å². The topological polar surface area (TPSA) is 29.1 Å². The Morgan fingerprint density at radius 1 is 1.11 bits per heavy atom. The van der Waals surface area contributed by atoms with Gasteiger partial charge in [-0.15, -0.1) is 11.8 Å². The summed E-state index contributed by atoms with van der Waals surface area (Å²) in [6.07, 6.45) is 0. The number of rotatable bonds is 6. The van der Waals surface area contributed by atoms with Crippen molar-refractivity contribution in [1.82, 2.24) is 5.32 Å². The van der Waals surface area contributed by atoms with Crippen LogP contribution < -0.4 is 5.32 Å². The molecule has 0 bridgehead atoms. The molecule has 0 spiro atoms. The van der Waals surface area contributed by atoms with Crippen molar-refractivity contribution in [3.63, 3.8) is 0 Å². The molecule has 0 aromatic heterocycles. The van der Waals surface area contributed by atoms with E-state index in [1.165, 1.54) is 0 Å². The van der Waals surface area contributed by atoms with E-state index in [-0.39, 0.29) is 11.9 Å². The summed E-state index contributed by atoms with van der Waals surface area (Å²) in [6, 6.07) is 10.3. The smallest absolute Gasteiger partial charge is 0.230 e. The molecule has 0 aliphatic rings. The van der Waals surface area contributed by atoms with Crippen molar-refractivity contribution >= 4 is 17.7 Å². The molecule has 1 N–H and O–H groups in total. The zero-order valence-corrected chi connectivity index (χ0v) is 12.5. The van der Waals surface area contributed by atoms with E-state index >= 15 is 0 Å². The second kappa shape index (κ2) is 7.47. The Bertz CT molecular complexity index is 354. The molecule has 18 heavy (non-hydrogen) atoms. The lowest BCUT2D eigenvalue weighted by atomic mass is 9.93. The van der Waals surface area contributed by atoms with Crippen LogP contribution in [0.3, 0.4) is 0 Å². The minimum atomic E-state index is 0.122. The maximum Gasteiger partial charge on any atom is 0.230 e. The summed E-state index contributed by atoms with van der Waals surface area (Å²) in [4.78, 5) is 13.0. The molecular formula is C15H23NOS. The average molecular weight is 265 g/mol. The maximum absolute atomic E-state index is 11.9. The first kappa shape index (κ1) is 15.1. The highest BCUT2D eigenvalue weighted by molar-refractivity contribution is 8.00. The fraction of sp³-hybridized carbons (Fsp3) is 0.533. The van der Waals surface area contributed by atoms with Crippen LogP contribution in [0.5, 0.6) is 0 Å². The first-order valence-electron chi connectivity index (χ1n) is 6.48. The van der Waals surface area contributed by atoms with Gasteiger partial charge < -0.3 is 5.32 Å². The quantitative estimate of drug-likeness (QED) is 0.797. The van der Waals surface area contributed by atoms with Crippen LogP contribution in [0.4, 0.5) is 0 Å². The molecule has 1 rings (SSSR count). The van der Waals surface area contributed by atoms with E-state index in [0.717, 1.165) is 4.90 Å². The minimum absolute atomic E-state index is 0.122. The van der Waals surface area contributed by atoms with Crippen molar-refractivity contribution in [2.45, 2.75) is 38.6 Å². The van der Waals surface area contributed by atoms with Crippen molar-refractivity contribution in [3.05, 3.63) is 30.3 Å². The fourth-order valence-corrected chi connectivity index (χ4v) is 2.73. The summed E-state index contributed by atoms with van der Waals surface area (Å²) in [5, 5.41) is 3.13. The summed E-state index contributed by atoms with van der Waals surface area (Å²) in [5.41, 5.74) is 0. The largest absolute Gasteiger partial charge is 0.352 e. The first-order valence-corrected chi connectivity index (χ1v) is 7.46. The van der Waals surface area contributed by atoms with E-state index in [0.29, 0.717) is 17.6 Å². The molecule has 0 unspecified atom stereocenters. The predicted molar refractivity (Wildman–Crippen MR) is 78.8 cm³/mol. The molecule has 0 heterocycles. The molecule has 2 nitrogen and oxygen atoms in total. The number of carbonyl (C=O) groups is 1. The summed E-state index contributed by atoms with van der Waals surface area (Å²) < 4.78 is 0. The first-order chi connectivity index (χ1) is 8.50. The van der Waals surface area contributed by atoms with Gasteiger partial charge in [-0.1, -0.05) is 45.9 Å². The van der Waals surface area contributed by atoms with Crippen molar-refractivity contribution in [2.75, 3.05) is 5.75 Å². The number of carbonyl (C=O) groups excluding carboxylic acids is 1. The Hall–Kier alpha value is -0.960. The lowest BCUT2D eigenvalue weighted by Gasteiger charge is -2.26. The number of benzene rings is 1. The molecule has 100 valence electrons. The van der Waals surface area contributed by atoms with Crippen molar-refractivity contribution in [2.24, 2.45) is 11.8 Å². The molecule has 0 radical (unpaired) electrons. The van der Waals surface area contributed by atoms with Crippen molar-refractivity contribution in [1.29, 1.82) is 0 Å². The fourth-order valence-electron chi connectivity index (χ4n) is 2.00. The SMILES string of the molecule is CC(C)C(NC(=O)CSc1ccccc1)C(C)C. The third-order valence-corrected chi connectivity index (χ3v) is 3.89. The monoisotopic (exact) mass is 265 g/mol. The number of hydrogen-bond acceptors (Lipinski definition) is 2. The molecule has 3 heteroatoms. The second-order valence-corrected chi connectivity index (χ2v) is 6.23. The molecule has 1 amide bonds. The second-order valence-electron chi connectivity index (χ2n) is 5.18. The molecule has 1 aromatic carbocycles. The standard InChI is InChI=1S/C15H23NOS/c1-11(2)15(12(3)4)16-14(17)10-18-13-8-6-5-7-9-13/h5-9,11-12,15H,10H2,1-4H3,(H,16,17). The van der Waals surface area contributed by atoms with Gasteiger partial charge in [-0.3, -0.25) is 4.79 Å². The van der Waals surface area contributed by atoms with Crippen LogP contribution in [-0.4, -0.2) is 17.7 Å². The summed E-state index contributed by atoms with van der Waals surface area (Å²) in [5.74, 6) is 1.54. The Morgan fingerprint density at radius 2 is 1.67 bits per heavy atom. The van der Waals surface area contributed by atoms with Crippen LogP contribution in [-0.2, 0) is 4.79 Å². The predicted octanol–water partition coefficient (Wildman–Crippen LogP) is 3.58. The minimum Gasteiger partial charge on any atom is -0.352 e. The van der Waals surface area contributed by atoms with Gasteiger partial charge in [-0.2, -0.15) is 0 Å². The lowest BCUT2D eigenvalue weighted by molar-refractivity contribution is -0.119. The zero-order chi connectivity index (χ0) is 13.5. The lowest BCUT2D eigenvalue weighted by Crippen LogP contribution is -2.42. The van der Waals surface area contributed by atoms with Gasteiger partial charge in [0.25, 0.3) is 0 Å². The number of hydrogen-bond donors (Lipinski definition) is 1. The highest BCUT2D eigenvalue weighted by Gasteiger charge is 2.19. The third kappa shape index (κ3) is 5.13. The summed E-state index contributed by atoms with van der Waals surface area (Å²) in [7, 11) is 0. The summed E-state index contributed by atoms with van der Waals surface area (Å²) >= 11 is 1.58. The molecular weight excluding hydrogens is 242 g/mol.